The fourth-order valence-corrected chi connectivity index (χ4v) is 3.21. The zero-order valence-electron chi connectivity index (χ0n) is 14.0. The van der Waals surface area contributed by atoms with Crippen LogP contribution in [0.3, 0.4) is 0 Å². The molecular formula is C17H21N3O5. The highest BCUT2D eigenvalue weighted by atomic mass is 16.5. The summed E-state index contributed by atoms with van der Waals surface area (Å²) in [6, 6.07) is 3.36. The first kappa shape index (κ1) is 17.2. The first-order chi connectivity index (χ1) is 11.8. The number of pyridine rings is 1. The Hall–Kier alpha value is -2.64. The normalized spacial score (nSPS) is 20.6. The van der Waals surface area contributed by atoms with Gasteiger partial charge in [0, 0.05) is 32.1 Å². The Labute approximate surface area is 145 Å². The van der Waals surface area contributed by atoms with E-state index in [4.69, 9.17) is 10.5 Å². The van der Waals surface area contributed by atoms with Gasteiger partial charge in [-0.1, -0.05) is 0 Å². The number of nitrogens with zero attached hydrogens (tertiary/aromatic N) is 2. The molecule has 0 aromatic carbocycles. The van der Waals surface area contributed by atoms with Gasteiger partial charge in [-0.15, -0.1) is 0 Å². The standard InChI is InChI=1S/C17H21N3O5/c1-11-12(3-2-8-19-11)25-17(15(23)24)6-9-20(10-7-17)14(22)16(4-5-16)13(18)21/h2-3,8H,4-7,9-10H2,1H3,(H2,18,21)(H,23,24). The molecule has 0 radical (unpaired) electrons. The van der Waals surface area contributed by atoms with Crippen LogP contribution in [0.5, 0.6) is 5.75 Å². The summed E-state index contributed by atoms with van der Waals surface area (Å²) in [5.74, 6) is -1.55. The third-order valence-corrected chi connectivity index (χ3v) is 5.14. The third-order valence-electron chi connectivity index (χ3n) is 5.14. The molecular weight excluding hydrogens is 326 g/mol. The third kappa shape index (κ3) is 2.92. The minimum atomic E-state index is -1.41. The van der Waals surface area contributed by atoms with Crippen molar-refractivity contribution in [1.29, 1.82) is 0 Å². The molecule has 0 atom stereocenters. The van der Waals surface area contributed by atoms with E-state index in [2.05, 4.69) is 4.98 Å². The minimum absolute atomic E-state index is 0.136. The summed E-state index contributed by atoms with van der Waals surface area (Å²) < 4.78 is 5.82. The summed E-state index contributed by atoms with van der Waals surface area (Å²) in [6.07, 6.45) is 2.81. The van der Waals surface area contributed by atoms with Crippen LogP contribution in [-0.4, -0.2) is 51.5 Å². The monoisotopic (exact) mass is 347 g/mol. The Morgan fingerprint density at radius 2 is 1.88 bits per heavy atom. The van der Waals surface area contributed by atoms with Crippen LogP contribution in [0.2, 0.25) is 0 Å². The van der Waals surface area contributed by atoms with Crippen molar-refractivity contribution in [2.45, 2.75) is 38.2 Å². The minimum Gasteiger partial charge on any atom is -0.478 e. The maximum atomic E-state index is 12.5. The maximum absolute atomic E-state index is 12.5. The van der Waals surface area contributed by atoms with E-state index < -0.39 is 22.9 Å². The Balaban J connectivity index is 1.73. The number of hydrogen-bond donors (Lipinski definition) is 2. The summed E-state index contributed by atoms with van der Waals surface area (Å²) in [5.41, 5.74) is 3.46. The molecule has 0 spiro atoms. The van der Waals surface area contributed by atoms with Gasteiger partial charge in [0.1, 0.15) is 11.2 Å². The maximum Gasteiger partial charge on any atom is 0.348 e. The van der Waals surface area contributed by atoms with Gasteiger partial charge in [-0.25, -0.2) is 4.79 Å². The first-order valence-corrected chi connectivity index (χ1v) is 8.24. The molecule has 8 nitrogen and oxygen atoms in total. The molecule has 25 heavy (non-hydrogen) atoms. The fourth-order valence-electron chi connectivity index (χ4n) is 3.21. The van der Waals surface area contributed by atoms with E-state index in [0.717, 1.165) is 0 Å². The molecule has 1 saturated heterocycles. The molecule has 0 bridgehead atoms. The Morgan fingerprint density at radius 1 is 1.24 bits per heavy atom. The summed E-state index contributed by atoms with van der Waals surface area (Å²) in [5, 5.41) is 9.70. The topological polar surface area (TPSA) is 123 Å². The van der Waals surface area contributed by atoms with Crippen LogP contribution in [0.1, 0.15) is 31.4 Å². The van der Waals surface area contributed by atoms with Crippen LogP contribution in [0.4, 0.5) is 0 Å². The average molecular weight is 347 g/mol. The predicted octanol–water partition coefficient (Wildman–Crippen LogP) is 0.480. The van der Waals surface area contributed by atoms with Crippen LogP contribution in [-0.2, 0) is 14.4 Å². The second-order valence-corrected chi connectivity index (χ2v) is 6.73. The van der Waals surface area contributed by atoms with Crippen LogP contribution in [0, 0.1) is 12.3 Å². The number of piperidine rings is 1. The molecule has 1 aromatic heterocycles. The molecule has 0 unspecified atom stereocenters. The summed E-state index contributed by atoms with van der Waals surface area (Å²) >= 11 is 0. The van der Waals surface area contributed by atoms with E-state index in [1.165, 1.54) is 4.90 Å². The SMILES string of the molecule is Cc1ncccc1OC1(C(=O)O)CCN(C(=O)C2(C(N)=O)CC2)CC1. The lowest BCUT2D eigenvalue weighted by molar-refractivity contribution is -0.163. The molecule has 1 aromatic rings. The molecule has 3 rings (SSSR count). The van der Waals surface area contributed by atoms with Crippen LogP contribution in [0.25, 0.3) is 0 Å². The second-order valence-electron chi connectivity index (χ2n) is 6.73. The summed E-state index contributed by atoms with van der Waals surface area (Å²) in [4.78, 5) is 41.6. The molecule has 8 heteroatoms. The Bertz CT molecular complexity index is 721. The summed E-state index contributed by atoms with van der Waals surface area (Å²) in [6.45, 7) is 2.16. The molecule has 1 aliphatic heterocycles. The highest BCUT2D eigenvalue weighted by molar-refractivity contribution is 6.07. The number of aryl methyl sites for hydroxylation is 1. The van der Waals surface area contributed by atoms with Crippen molar-refractivity contribution in [3.05, 3.63) is 24.0 Å². The van der Waals surface area contributed by atoms with Crippen molar-refractivity contribution in [1.82, 2.24) is 9.88 Å². The lowest BCUT2D eigenvalue weighted by Gasteiger charge is -2.39. The van der Waals surface area contributed by atoms with Crippen molar-refractivity contribution >= 4 is 17.8 Å². The van der Waals surface area contributed by atoms with E-state index >= 15 is 0 Å². The van der Waals surface area contributed by atoms with Gasteiger partial charge in [0.25, 0.3) is 0 Å². The molecule has 1 saturated carbocycles. The van der Waals surface area contributed by atoms with Gasteiger partial charge in [0.15, 0.2) is 0 Å². The zero-order valence-corrected chi connectivity index (χ0v) is 14.0. The molecule has 2 heterocycles. The highest BCUT2D eigenvalue weighted by Crippen LogP contribution is 2.47. The number of likely N-dealkylation sites (tertiary alicyclic amines) is 1. The largest absolute Gasteiger partial charge is 0.478 e. The van der Waals surface area contributed by atoms with Crippen LogP contribution in [0.15, 0.2) is 18.3 Å². The van der Waals surface area contributed by atoms with Gasteiger partial charge >= 0.3 is 5.97 Å². The van der Waals surface area contributed by atoms with Gasteiger partial charge < -0.3 is 20.5 Å². The van der Waals surface area contributed by atoms with E-state index in [9.17, 15) is 19.5 Å². The summed E-state index contributed by atoms with van der Waals surface area (Å²) in [7, 11) is 0. The zero-order chi connectivity index (χ0) is 18.2. The number of carbonyl (C=O) groups is 3. The average Bonchev–Trinajstić information content (AvgIpc) is 3.39. The van der Waals surface area contributed by atoms with Crippen molar-refractivity contribution in [3.63, 3.8) is 0 Å². The number of carboxylic acid groups (broad SMARTS) is 1. The quantitative estimate of drug-likeness (QED) is 0.747. The van der Waals surface area contributed by atoms with Crippen molar-refractivity contribution in [2.24, 2.45) is 11.1 Å². The number of hydrogen-bond acceptors (Lipinski definition) is 5. The van der Waals surface area contributed by atoms with Gasteiger partial charge in [0.2, 0.25) is 17.4 Å². The first-order valence-electron chi connectivity index (χ1n) is 8.24. The lowest BCUT2D eigenvalue weighted by Crippen LogP contribution is -2.56. The number of primary amides is 1. The number of aliphatic carboxylic acids is 1. The lowest BCUT2D eigenvalue weighted by atomic mass is 9.89. The smallest absolute Gasteiger partial charge is 0.348 e. The highest BCUT2D eigenvalue weighted by Gasteiger charge is 2.58. The molecule has 2 aliphatic rings. The van der Waals surface area contributed by atoms with Crippen molar-refractivity contribution in [2.75, 3.05) is 13.1 Å². The van der Waals surface area contributed by atoms with E-state index in [0.29, 0.717) is 24.3 Å². The van der Waals surface area contributed by atoms with Crippen molar-refractivity contribution in [3.8, 4) is 5.75 Å². The number of rotatable bonds is 5. The van der Waals surface area contributed by atoms with Crippen LogP contribution >= 0.6 is 0 Å². The van der Waals surface area contributed by atoms with E-state index in [1.807, 2.05) is 0 Å². The van der Waals surface area contributed by atoms with E-state index in [1.54, 1.807) is 25.3 Å². The molecule has 1 aliphatic carbocycles. The molecule has 134 valence electrons. The number of aromatic nitrogens is 1. The number of carbonyl (C=O) groups excluding carboxylic acids is 2. The van der Waals surface area contributed by atoms with Crippen LogP contribution < -0.4 is 10.5 Å². The molecule has 3 N–H and O–H groups in total. The van der Waals surface area contributed by atoms with E-state index in [-0.39, 0.29) is 31.8 Å². The number of ether oxygens (including phenoxy) is 1. The van der Waals surface area contributed by atoms with Gasteiger partial charge in [0.05, 0.1) is 5.69 Å². The number of amides is 2. The number of nitrogens with two attached hydrogens (primary N) is 1. The second kappa shape index (κ2) is 6.02. The van der Waals surface area contributed by atoms with Gasteiger partial charge in [-0.2, -0.15) is 0 Å². The Morgan fingerprint density at radius 3 is 2.36 bits per heavy atom. The Kier molecular flexibility index (Phi) is 4.14. The number of carboxylic acids is 1. The molecule has 2 fully saturated rings. The van der Waals surface area contributed by atoms with Crippen molar-refractivity contribution < 1.29 is 24.2 Å². The fraction of sp³-hybridized carbons (Fsp3) is 0.529. The molecule has 2 amide bonds. The van der Waals surface area contributed by atoms with Gasteiger partial charge in [-0.05, 0) is 31.9 Å². The predicted molar refractivity (Wildman–Crippen MR) is 86.6 cm³/mol. The van der Waals surface area contributed by atoms with Gasteiger partial charge in [-0.3, -0.25) is 14.6 Å².